The minimum atomic E-state index is -3.43. The topological polar surface area (TPSA) is 39.8 Å². The van der Waals surface area contributed by atoms with E-state index in [-0.39, 0.29) is 16.7 Å². The maximum absolute atomic E-state index is 13.8. The first-order valence-corrected chi connectivity index (χ1v) is 6.62. The van der Waals surface area contributed by atoms with Crippen LogP contribution in [0.5, 0.6) is 0 Å². The summed E-state index contributed by atoms with van der Waals surface area (Å²) in [4.78, 5) is 17.7. The molecular weight excluding hydrogens is 274 g/mol. The van der Waals surface area contributed by atoms with Gasteiger partial charge in [-0.1, -0.05) is 18.1 Å². The molecule has 22 heavy (non-hydrogen) atoms. The minimum Gasteiger partial charge on any atom is -0.347 e. The van der Waals surface area contributed by atoms with Crippen molar-refractivity contribution in [1.82, 2.24) is 14.1 Å². The number of fused-ring (bicyclic) bond motifs is 3. The molecule has 0 bridgehead atoms. The van der Waals surface area contributed by atoms with Crippen molar-refractivity contribution in [3.63, 3.8) is 0 Å². The number of para-hydroxylation sites is 1. The number of nitrogens with zero attached hydrogens (tertiary/aromatic N) is 3. The van der Waals surface area contributed by atoms with E-state index in [0.717, 1.165) is 15.3 Å². The van der Waals surface area contributed by atoms with Crippen LogP contribution >= 0.6 is 0 Å². The number of aryl methyl sites for hydroxylation is 2. The highest BCUT2D eigenvalue weighted by molar-refractivity contribution is 6.11. The number of carbonyl (C=O) groups excluding carboxylic acids is 1. The van der Waals surface area contributed by atoms with Gasteiger partial charge in [-0.15, -0.1) is 0 Å². The number of ketones is 1. The van der Waals surface area contributed by atoms with E-state index in [0.29, 0.717) is 0 Å². The van der Waals surface area contributed by atoms with Crippen LogP contribution in [0.3, 0.4) is 0 Å². The van der Waals surface area contributed by atoms with Crippen LogP contribution in [-0.2, 0) is 19.9 Å². The third kappa shape index (κ3) is 1.83. The number of hydrogen-bond acceptors (Lipinski definition) is 2. The largest absolute Gasteiger partial charge is 0.347 e. The fraction of sp³-hybridized carbons (Fsp3) is 0.333. The molecule has 2 aromatic heterocycles. The Morgan fingerprint density at radius 2 is 2.36 bits per heavy atom. The first-order chi connectivity index (χ1) is 15.0. The van der Waals surface area contributed by atoms with Crippen molar-refractivity contribution in [1.29, 1.82) is 0 Å². The Bertz CT molecular complexity index is 1360. The molecule has 112 valence electrons. The molecule has 0 saturated carbocycles. The van der Waals surface area contributed by atoms with E-state index in [9.17, 15) is 4.79 Å². The Morgan fingerprint density at radius 1 is 1.55 bits per heavy atom. The monoisotopic (exact) mass is 304 g/mol. The van der Waals surface area contributed by atoms with Crippen LogP contribution in [0.15, 0.2) is 36.6 Å². The maximum atomic E-state index is 13.8. The number of imidazole rings is 1. The van der Waals surface area contributed by atoms with E-state index in [1.54, 1.807) is 0 Å². The van der Waals surface area contributed by atoms with Gasteiger partial charge in [0.2, 0.25) is 0 Å². The lowest BCUT2D eigenvalue weighted by atomic mass is 9.85. The SMILES string of the molecule is [2H]c1c([2H])c([2H])c2c(c1[2H])c1c(n2C)C([2H])([2H])C([2H])([2H])C([2H])(C([2H])([2H])n2ccnc2C)C1=O. The van der Waals surface area contributed by atoms with Crippen molar-refractivity contribution in [2.75, 3.05) is 0 Å². The number of Topliss-reactive ketones (excluding diaryl/α,β-unsaturated/α-hetero) is 1. The highest BCUT2D eigenvalue weighted by Gasteiger charge is 2.32. The van der Waals surface area contributed by atoms with Crippen molar-refractivity contribution in [3.05, 3.63) is 53.6 Å². The third-order valence-electron chi connectivity index (χ3n) is 3.64. The summed E-state index contributed by atoms with van der Waals surface area (Å²) in [5, 5.41) is -0.377. The van der Waals surface area contributed by atoms with Crippen LogP contribution in [0.2, 0.25) is 0 Å². The Kier molecular flexibility index (Phi) is 1.32. The van der Waals surface area contributed by atoms with Crippen molar-refractivity contribution < 1.29 is 19.9 Å². The molecule has 4 nitrogen and oxygen atoms in total. The fourth-order valence-corrected chi connectivity index (χ4v) is 2.50. The fourth-order valence-electron chi connectivity index (χ4n) is 2.50. The second kappa shape index (κ2) is 4.83. The van der Waals surface area contributed by atoms with Gasteiger partial charge < -0.3 is 9.13 Å². The van der Waals surface area contributed by atoms with Gasteiger partial charge in [0.05, 0.1) is 8.22 Å². The Labute approximate surface area is 144 Å². The lowest BCUT2D eigenvalue weighted by Crippen LogP contribution is -2.27. The molecular formula is C18H19N3O. The summed E-state index contributed by atoms with van der Waals surface area (Å²) in [5.74, 6) is -4.78. The predicted molar refractivity (Wildman–Crippen MR) is 86.0 cm³/mol. The molecule has 0 spiro atoms. The van der Waals surface area contributed by atoms with Crippen LogP contribution in [0.4, 0.5) is 0 Å². The van der Waals surface area contributed by atoms with Crippen LogP contribution < -0.4 is 0 Å². The molecule has 4 heteroatoms. The quantitative estimate of drug-likeness (QED) is 0.730. The number of aromatic nitrogens is 3. The number of benzene rings is 1. The van der Waals surface area contributed by atoms with Gasteiger partial charge in [-0.3, -0.25) is 4.79 Å². The highest BCUT2D eigenvalue weighted by atomic mass is 16.1. The molecule has 0 saturated heterocycles. The van der Waals surface area contributed by atoms with Gasteiger partial charge in [-0.2, -0.15) is 0 Å². The Balaban J connectivity index is 2.22. The van der Waals surface area contributed by atoms with E-state index < -0.39 is 66.3 Å². The second-order valence-corrected chi connectivity index (χ2v) is 4.92. The molecule has 4 rings (SSSR count). The molecule has 1 aromatic carbocycles. The average Bonchev–Trinajstić information content (AvgIpc) is 3.29. The van der Waals surface area contributed by atoms with Crippen LogP contribution in [0.1, 0.15) is 43.3 Å². The standard InChI is InChI=1S/C18H19N3O/c1-12-19-9-10-21(12)11-13-7-8-16-17(18(13)22)14-5-3-4-6-15(14)20(16)2/h3-6,9-10,13H,7-8,11H2,1-2H3/i3D,4D,5D,6D,7D2,8D2,11D2,13D. The second-order valence-electron chi connectivity index (χ2n) is 4.92. The van der Waals surface area contributed by atoms with Crippen molar-refractivity contribution in [3.8, 4) is 0 Å². The van der Waals surface area contributed by atoms with Gasteiger partial charge in [0.25, 0.3) is 0 Å². The zero-order chi connectivity index (χ0) is 25.0. The van der Waals surface area contributed by atoms with E-state index in [1.165, 1.54) is 20.2 Å². The van der Waals surface area contributed by atoms with Gasteiger partial charge in [0.1, 0.15) is 5.82 Å². The highest BCUT2D eigenvalue weighted by Crippen LogP contribution is 2.34. The molecule has 1 aliphatic carbocycles. The van der Waals surface area contributed by atoms with E-state index in [4.69, 9.17) is 15.1 Å². The van der Waals surface area contributed by atoms with E-state index in [2.05, 4.69) is 4.98 Å². The van der Waals surface area contributed by atoms with E-state index >= 15 is 0 Å². The lowest BCUT2D eigenvalue weighted by molar-refractivity contribution is 0.0888. The maximum Gasteiger partial charge on any atom is 0.170 e. The molecule has 0 N–H and O–H groups in total. The zero-order valence-corrected chi connectivity index (χ0v) is 11.9. The molecule has 0 amide bonds. The smallest absolute Gasteiger partial charge is 0.170 e. The summed E-state index contributed by atoms with van der Waals surface area (Å²) in [6.45, 7) is -1.73. The molecule has 1 aliphatic rings. The van der Waals surface area contributed by atoms with Crippen LogP contribution in [0.25, 0.3) is 10.9 Å². The van der Waals surface area contributed by atoms with Crippen molar-refractivity contribution in [2.45, 2.75) is 26.2 Å². The summed E-state index contributed by atoms with van der Waals surface area (Å²) < 4.78 is 94.8. The lowest BCUT2D eigenvalue weighted by Gasteiger charge is -2.23. The first kappa shape index (κ1) is 6.03. The minimum absolute atomic E-state index is 0.0291. The van der Waals surface area contributed by atoms with Gasteiger partial charge in [0, 0.05) is 60.8 Å². The molecule has 1 unspecified atom stereocenters. The molecule has 0 fully saturated rings. The Morgan fingerprint density at radius 3 is 3.14 bits per heavy atom. The Hall–Kier alpha value is -2.36. The summed E-state index contributed by atoms with van der Waals surface area (Å²) in [6, 6.07) is -2.53. The summed E-state index contributed by atoms with van der Waals surface area (Å²) in [7, 11) is 1.24. The molecule has 1 atom stereocenters. The van der Waals surface area contributed by atoms with E-state index in [1.807, 2.05) is 0 Å². The van der Waals surface area contributed by atoms with Crippen LogP contribution in [-0.4, -0.2) is 19.9 Å². The van der Waals surface area contributed by atoms with Gasteiger partial charge in [-0.05, 0) is 25.7 Å². The normalized spacial score (nSPS) is 33.7. The van der Waals surface area contributed by atoms with Crippen molar-refractivity contribution in [2.24, 2.45) is 12.9 Å². The first-order valence-electron chi connectivity index (χ1n) is 12.1. The van der Waals surface area contributed by atoms with Gasteiger partial charge >= 0.3 is 0 Å². The summed E-state index contributed by atoms with van der Waals surface area (Å²) in [6.07, 6.45) is -4.23. The third-order valence-corrected chi connectivity index (χ3v) is 3.64. The number of rotatable bonds is 2. The van der Waals surface area contributed by atoms with Crippen molar-refractivity contribution >= 4 is 16.7 Å². The summed E-state index contributed by atoms with van der Waals surface area (Å²) in [5.41, 5.74) is -1.43. The van der Waals surface area contributed by atoms with Crippen LogP contribution in [0, 0.1) is 12.8 Å². The average molecular weight is 304 g/mol. The zero-order valence-electron chi connectivity index (χ0n) is 22.9. The van der Waals surface area contributed by atoms with Gasteiger partial charge in [-0.25, -0.2) is 4.98 Å². The molecule has 0 aliphatic heterocycles. The predicted octanol–water partition coefficient (Wildman–Crippen LogP) is 3.13. The van der Waals surface area contributed by atoms with Gasteiger partial charge in [0.15, 0.2) is 5.78 Å². The summed E-state index contributed by atoms with van der Waals surface area (Å²) >= 11 is 0. The molecule has 0 radical (unpaired) electrons. The number of hydrogen-bond donors (Lipinski definition) is 0. The molecule has 3 aromatic rings. The number of carbonyl (C=O) groups is 1. The molecule has 2 heterocycles.